The van der Waals surface area contributed by atoms with Crippen molar-refractivity contribution >= 4 is 11.9 Å². The summed E-state index contributed by atoms with van der Waals surface area (Å²) in [6, 6.07) is 4.41. The first-order valence-electron chi connectivity index (χ1n) is 9.50. The lowest BCUT2D eigenvalue weighted by molar-refractivity contribution is -0.174. The molecular formula is C21H23FN2O7. The van der Waals surface area contributed by atoms with Gasteiger partial charge < -0.3 is 14.6 Å². The summed E-state index contributed by atoms with van der Waals surface area (Å²) in [5, 5.41) is 9.45. The van der Waals surface area contributed by atoms with Gasteiger partial charge in [-0.25, -0.2) is 14.0 Å². The Morgan fingerprint density at radius 3 is 2.48 bits per heavy atom. The summed E-state index contributed by atoms with van der Waals surface area (Å²) in [6.45, 7) is 6.56. The van der Waals surface area contributed by atoms with Crippen LogP contribution in [0.15, 0.2) is 34.0 Å². The van der Waals surface area contributed by atoms with Crippen molar-refractivity contribution in [2.75, 3.05) is 0 Å². The summed E-state index contributed by atoms with van der Waals surface area (Å²) in [5.74, 6) is -1.96. The highest BCUT2D eigenvalue weighted by Gasteiger charge is 2.67. The number of esters is 1. The first-order valence-corrected chi connectivity index (χ1v) is 9.50. The molecule has 0 bridgehead atoms. The average molecular weight is 434 g/mol. The van der Waals surface area contributed by atoms with E-state index in [0.29, 0.717) is 11.1 Å². The first-order chi connectivity index (χ1) is 14.3. The van der Waals surface area contributed by atoms with Crippen LogP contribution < -0.4 is 11.2 Å². The number of H-pyrrole nitrogens is 1. The molecule has 2 N–H and O–H groups in total. The quantitative estimate of drug-likeness (QED) is 0.706. The number of aromatic amines is 1. The summed E-state index contributed by atoms with van der Waals surface area (Å²) >= 11 is 0. The summed E-state index contributed by atoms with van der Waals surface area (Å²) in [7, 11) is 0. The number of aryl methyl sites for hydroxylation is 1. The number of nitrogens with one attached hydrogen (secondary N) is 1. The number of rotatable bonds is 4. The number of hydrogen-bond donors (Lipinski definition) is 2. The van der Waals surface area contributed by atoms with Crippen LogP contribution in [0.5, 0.6) is 0 Å². The molecule has 1 saturated heterocycles. The third-order valence-corrected chi connectivity index (χ3v) is 5.84. The second-order valence-corrected chi connectivity index (χ2v) is 7.95. The number of aromatic nitrogens is 2. The molecule has 1 aliphatic rings. The minimum atomic E-state index is -2.44. The first kappa shape index (κ1) is 22.4. The molecule has 0 spiro atoms. The van der Waals surface area contributed by atoms with Gasteiger partial charge in [-0.1, -0.05) is 12.1 Å². The molecule has 9 nitrogen and oxygen atoms in total. The molecule has 0 amide bonds. The molecule has 0 saturated carbocycles. The number of carboxylic acids is 1. The topological polar surface area (TPSA) is 128 Å². The van der Waals surface area contributed by atoms with Crippen molar-refractivity contribution in [3.63, 3.8) is 0 Å². The van der Waals surface area contributed by atoms with E-state index >= 15 is 4.39 Å². The van der Waals surface area contributed by atoms with E-state index in [1.807, 2.05) is 0 Å². The predicted octanol–water partition coefficient (Wildman–Crippen LogP) is 2.17. The van der Waals surface area contributed by atoms with Crippen molar-refractivity contribution in [3.05, 3.63) is 67.5 Å². The number of aromatic carboxylic acids is 1. The zero-order valence-electron chi connectivity index (χ0n) is 17.7. The Hall–Kier alpha value is -3.27. The molecule has 2 aromatic rings. The lowest BCUT2D eigenvalue weighted by atomic mass is 9.80. The monoisotopic (exact) mass is 434 g/mol. The molecule has 4 atom stereocenters. The molecule has 0 radical (unpaired) electrons. The van der Waals surface area contributed by atoms with E-state index < -0.39 is 46.8 Å². The molecule has 10 heteroatoms. The Morgan fingerprint density at radius 1 is 1.26 bits per heavy atom. The van der Waals surface area contributed by atoms with E-state index in [9.17, 15) is 24.3 Å². The van der Waals surface area contributed by atoms with Gasteiger partial charge in [-0.05, 0) is 44.9 Å². The fraction of sp³-hybridized carbons (Fsp3) is 0.429. The van der Waals surface area contributed by atoms with Crippen LogP contribution in [0.3, 0.4) is 0 Å². The van der Waals surface area contributed by atoms with Gasteiger partial charge in [-0.15, -0.1) is 0 Å². The average Bonchev–Trinajstić information content (AvgIpc) is 2.84. The SMILES string of the molecule is CC(=O)O[C@]1(C)[C@@H](c2cccc(C(=O)O)c2C)O[C@H](n2cc(C)c(=O)[nH]c2=O)[C@]1(C)F. The Bertz CT molecular complexity index is 1180. The number of benzene rings is 1. The fourth-order valence-corrected chi connectivity index (χ4v) is 3.97. The Morgan fingerprint density at radius 2 is 1.90 bits per heavy atom. The van der Waals surface area contributed by atoms with Crippen molar-refractivity contribution in [2.45, 2.75) is 58.2 Å². The minimum Gasteiger partial charge on any atom is -0.478 e. The lowest BCUT2D eigenvalue weighted by Gasteiger charge is -2.37. The lowest BCUT2D eigenvalue weighted by Crippen LogP contribution is -2.52. The van der Waals surface area contributed by atoms with Crippen molar-refractivity contribution in [1.82, 2.24) is 9.55 Å². The highest BCUT2D eigenvalue weighted by molar-refractivity contribution is 5.89. The number of carbonyl (C=O) groups is 2. The summed E-state index contributed by atoms with van der Waals surface area (Å²) < 4.78 is 28.6. The van der Waals surface area contributed by atoms with Gasteiger partial charge in [0, 0.05) is 18.7 Å². The van der Waals surface area contributed by atoms with E-state index in [-0.39, 0.29) is 11.1 Å². The molecule has 166 valence electrons. The maximum atomic E-state index is 16.3. The maximum absolute atomic E-state index is 16.3. The van der Waals surface area contributed by atoms with Crippen LogP contribution in [0.25, 0.3) is 0 Å². The molecule has 1 aromatic carbocycles. The van der Waals surface area contributed by atoms with Gasteiger partial charge in [0.05, 0.1) is 5.56 Å². The van der Waals surface area contributed by atoms with Crippen molar-refractivity contribution in [1.29, 1.82) is 0 Å². The molecule has 31 heavy (non-hydrogen) atoms. The third kappa shape index (κ3) is 3.46. The molecule has 0 aliphatic carbocycles. The van der Waals surface area contributed by atoms with Crippen LogP contribution >= 0.6 is 0 Å². The van der Waals surface area contributed by atoms with Gasteiger partial charge in [0.25, 0.3) is 5.56 Å². The number of ether oxygens (including phenoxy) is 2. The summed E-state index contributed by atoms with van der Waals surface area (Å²) in [5.41, 5.74) is -5.15. The smallest absolute Gasteiger partial charge is 0.335 e. The maximum Gasteiger partial charge on any atom is 0.335 e. The van der Waals surface area contributed by atoms with Crippen LogP contribution in [-0.4, -0.2) is 37.9 Å². The second kappa shape index (κ2) is 7.45. The Kier molecular flexibility index (Phi) is 5.39. The van der Waals surface area contributed by atoms with Crippen LogP contribution in [0.1, 0.15) is 60.2 Å². The van der Waals surface area contributed by atoms with Crippen LogP contribution in [0.4, 0.5) is 4.39 Å². The Balaban J connectivity index is 2.25. The Labute approximate surface area is 176 Å². The van der Waals surface area contributed by atoms with Gasteiger partial charge >= 0.3 is 17.6 Å². The van der Waals surface area contributed by atoms with Crippen LogP contribution in [-0.2, 0) is 14.3 Å². The molecular weight excluding hydrogens is 411 g/mol. The zero-order chi connectivity index (χ0) is 23.3. The largest absolute Gasteiger partial charge is 0.478 e. The molecule has 0 unspecified atom stereocenters. The highest BCUT2D eigenvalue weighted by atomic mass is 19.1. The number of carbonyl (C=O) groups excluding carboxylic acids is 1. The second-order valence-electron chi connectivity index (χ2n) is 7.95. The van der Waals surface area contributed by atoms with E-state index in [2.05, 4.69) is 4.98 Å². The molecule has 3 rings (SSSR count). The van der Waals surface area contributed by atoms with Crippen molar-refractivity contribution in [2.24, 2.45) is 0 Å². The number of halogens is 1. The van der Waals surface area contributed by atoms with E-state index in [1.54, 1.807) is 6.07 Å². The number of carboxylic acid groups (broad SMARTS) is 1. The molecule has 2 heterocycles. The molecule has 1 aliphatic heterocycles. The van der Waals surface area contributed by atoms with Gasteiger partial charge in [0.15, 0.2) is 17.5 Å². The summed E-state index contributed by atoms with van der Waals surface area (Å²) in [6.07, 6.45) is -1.64. The predicted molar refractivity (Wildman–Crippen MR) is 107 cm³/mol. The van der Waals surface area contributed by atoms with Gasteiger partial charge in [-0.2, -0.15) is 0 Å². The van der Waals surface area contributed by atoms with E-state index in [1.165, 1.54) is 39.1 Å². The zero-order valence-corrected chi connectivity index (χ0v) is 17.7. The van der Waals surface area contributed by atoms with Crippen LogP contribution in [0, 0.1) is 13.8 Å². The van der Waals surface area contributed by atoms with E-state index in [4.69, 9.17) is 9.47 Å². The van der Waals surface area contributed by atoms with Crippen molar-refractivity contribution < 1.29 is 28.6 Å². The van der Waals surface area contributed by atoms with Gasteiger partial charge in [-0.3, -0.25) is 19.1 Å². The van der Waals surface area contributed by atoms with Gasteiger partial charge in [0.1, 0.15) is 6.10 Å². The normalized spacial score (nSPS) is 27.8. The number of hydrogen-bond acceptors (Lipinski definition) is 6. The highest BCUT2D eigenvalue weighted by Crippen LogP contribution is 2.56. The van der Waals surface area contributed by atoms with E-state index in [0.717, 1.165) is 18.4 Å². The summed E-state index contributed by atoms with van der Waals surface area (Å²) in [4.78, 5) is 49.7. The standard InChI is InChI=1S/C21H23FN2O7/c1-10-9-24(19(29)23-16(10)26)18-20(4,22)21(5,31-12(3)25)15(30-18)13-7-6-8-14(11(13)2)17(27)28/h6-9,15,18H,1-5H3,(H,27,28)(H,23,26,29)/t15-,18+,20+,21-/m1/s1. The minimum absolute atomic E-state index is 0.0210. The van der Waals surface area contributed by atoms with Crippen molar-refractivity contribution in [3.8, 4) is 0 Å². The number of alkyl halides is 1. The van der Waals surface area contributed by atoms with Gasteiger partial charge in [0.2, 0.25) is 0 Å². The molecule has 1 aromatic heterocycles. The fourth-order valence-electron chi connectivity index (χ4n) is 3.97. The van der Waals surface area contributed by atoms with Crippen LogP contribution in [0.2, 0.25) is 0 Å². The molecule has 1 fully saturated rings. The third-order valence-electron chi connectivity index (χ3n) is 5.84. The number of nitrogens with zero attached hydrogens (tertiary/aromatic N) is 1.